The first kappa shape index (κ1) is 14.4. The molecule has 0 aromatic carbocycles. The number of thiazole rings is 1. The van der Waals surface area contributed by atoms with E-state index in [9.17, 15) is 13.2 Å². The number of hydrogen-bond acceptors (Lipinski definition) is 3. The van der Waals surface area contributed by atoms with E-state index in [0.29, 0.717) is 29.5 Å². The summed E-state index contributed by atoms with van der Waals surface area (Å²) < 4.78 is 37.7. The Bertz CT molecular complexity index is 358. The molecule has 0 saturated heterocycles. The first-order valence-corrected chi connectivity index (χ1v) is 6.42. The summed E-state index contributed by atoms with van der Waals surface area (Å²) in [7, 11) is 0. The molecular weight excluding hydrogens is 249 g/mol. The molecule has 0 unspecified atom stereocenters. The molecule has 1 heterocycles. The van der Waals surface area contributed by atoms with E-state index in [1.807, 2.05) is 20.8 Å². The number of hydrogen-bond donors (Lipinski definition) is 1. The lowest BCUT2D eigenvalue weighted by molar-refractivity contribution is -0.137. The molecule has 0 bridgehead atoms. The highest BCUT2D eigenvalue weighted by Crippen LogP contribution is 2.34. The standard InChI is InChI=1S/C11H17F3N2S/c1-4-15-6-9-8(5-7(2)3)16-10(17-9)11(12,13)14/h7,15H,4-6H2,1-3H3. The lowest BCUT2D eigenvalue weighted by Crippen LogP contribution is -2.12. The number of aromatic nitrogens is 1. The molecule has 0 fully saturated rings. The summed E-state index contributed by atoms with van der Waals surface area (Å²) in [6.07, 6.45) is -3.74. The average Bonchev–Trinajstić information content (AvgIpc) is 2.56. The minimum absolute atomic E-state index is 0.304. The van der Waals surface area contributed by atoms with E-state index >= 15 is 0 Å². The van der Waals surface area contributed by atoms with E-state index in [1.54, 1.807) is 0 Å². The number of halogens is 3. The van der Waals surface area contributed by atoms with Crippen LogP contribution >= 0.6 is 11.3 Å². The topological polar surface area (TPSA) is 24.9 Å². The molecule has 6 heteroatoms. The zero-order valence-corrected chi connectivity index (χ0v) is 11.0. The van der Waals surface area contributed by atoms with Crippen molar-refractivity contribution in [3.8, 4) is 0 Å². The molecule has 0 radical (unpaired) electrons. The van der Waals surface area contributed by atoms with Gasteiger partial charge in [-0.05, 0) is 18.9 Å². The maximum Gasteiger partial charge on any atom is 0.443 e. The Morgan fingerprint density at radius 1 is 1.35 bits per heavy atom. The van der Waals surface area contributed by atoms with Crippen LogP contribution < -0.4 is 5.32 Å². The zero-order valence-electron chi connectivity index (χ0n) is 10.2. The summed E-state index contributed by atoms with van der Waals surface area (Å²) in [6, 6.07) is 0. The average molecular weight is 266 g/mol. The molecule has 0 saturated carbocycles. The molecule has 0 atom stereocenters. The van der Waals surface area contributed by atoms with Crippen molar-refractivity contribution in [3.63, 3.8) is 0 Å². The first-order chi connectivity index (χ1) is 7.84. The third-order valence-corrected chi connectivity index (χ3v) is 3.30. The molecule has 0 amide bonds. The van der Waals surface area contributed by atoms with Gasteiger partial charge in [0.1, 0.15) is 0 Å². The van der Waals surface area contributed by atoms with Crippen LogP contribution in [0.15, 0.2) is 0 Å². The number of nitrogens with zero attached hydrogens (tertiary/aromatic N) is 1. The minimum Gasteiger partial charge on any atom is -0.312 e. The molecule has 98 valence electrons. The normalized spacial score (nSPS) is 12.4. The zero-order chi connectivity index (χ0) is 13.1. The fourth-order valence-electron chi connectivity index (χ4n) is 1.43. The lowest BCUT2D eigenvalue weighted by atomic mass is 10.1. The Morgan fingerprint density at radius 3 is 2.47 bits per heavy atom. The summed E-state index contributed by atoms with van der Waals surface area (Å²) in [4.78, 5) is 4.43. The van der Waals surface area contributed by atoms with Crippen molar-refractivity contribution in [1.29, 1.82) is 0 Å². The summed E-state index contributed by atoms with van der Waals surface area (Å²) in [5, 5.41) is 2.31. The van der Waals surface area contributed by atoms with Gasteiger partial charge in [-0.15, -0.1) is 11.3 Å². The maximum absolute atomic E-state index is 12.6. The molecule has 0 aliphatic heterocycles. The second-order valence-corrected chi connectivity index (χ2v) is 5.35. The Kier molecular flexibility index (Phi) is 4.94. The van der Waals surface area contributed by atoms with Gasteiger partial charge in [-0.3, -0.25) is 0 Å². The third-order valence-electron chi connectivity index (χ3n) is 2.16. The monoisotopic (exact) mass is 266 g/mol. The second kappa shape index (κ2) is 5.82. The fourth-order valence-corrected chi connectivity index (χ4v) is 2.35. The van der Waals surface area contributed by atoms with Crippen molar-refractivity contribution >= 4 is 11.3 Å². The predicted molar refractivity (Wildman–Crippen MR) is 63.0 cm³/mol. The van der Waals surface area contributed by atoms with E-state index in [0.717, 1.165) is 17.9 Å². The second-order valence-electron chi connectivity index (χ2n) is 4.26. The van der Waals surface area contributed by atoms with Crippen LogP contribution in [0.25, 0.3) is 0 Å². The van der Waals surface area contributed by atoms with Crippen molar-refractivity contribution in [2.75, 3.05) is 6.54 Å². The van der Waals surface area contributed by atoms with Crippen molar-refractivity contribution < 1.29 is 13.2 Å². The van der Waals surface area contributed by atoms with Gasteiger partial charge in [0.25, 0.3) is 0 Å². The Morgan fingerprint density at radius 2 is 2.00 bits per heavy atom. The van der Waals surface area contributed by atoms with Gasteiger partial charge in [-0.2, -0.15) is 13.2 Å². The minimum atomic E-state index is -4.33. The van der Waals surface area contributed by atoms with E-state index < -0.39 is 11.2 Å². The van der Waals surface area contributed by atoms with Gasteiger partial charge in [-0.25, -0.2) is 4.98 Å². The van der Waals surface area contributed by atoms with E-state index in [-0.39, 0.29) is 0 Å². The molecule has 0 spiro atoms. The number of nitrogens with one attached hydrogen (secondary N) is 1. The van der Waals surface area contributed by atoms with E-state index in [4.69, 9.17) is 0 Å². The third kappa shape index (κ3) is 4.27. The Hall–Kier alpha value is -0.620. The molecule has 1 N–H and O–H groups in total. The number of rotatable bonds is 5. The van der Waals surface area contributed by atoms with Crippen LogP contribution in [0.1, 0.15) is 36.3 Å². The Labute approximate surface area is 103 Å². The quantitative estimate of drug-likeness (QED) is 0.882. The summed E-state index contributed by atoms with van der Waals surface area (Å²) >= 11 is 0.750. The van der Waals surface area contributed by atoms with Crippen LogP contribution in [-0.2, 0) is 19.1 Å². The lowest BCUT2D eigenvalue weighted by Gasteiger charge is -2.04. The summed E-state index contributed by atoms with van der Waals surface area (Å²) in [5.41, 5.74) is 0.582. The molecule has 2 nitrogen and oxygen atoms in total. The van der Waals surface area contributed by atoms with Crippen LogP contribution in [-0.4, -0.2) is 11.5 Å². The van der Waals surface area contributed by atoms with Crippen LogP contribution in [0, 0.1) is 5.92 Å². The largest absolute Gasteiger partial charge is 0.443 e. The van der Waals surface area contributed by atoms with Crippen LogP contribution in [0.5, 0.6) is 0 Å². The summed E-state index contributed by atoms with van der Waals surface area (Å²) in [5.74, 6) is 0.304. The Balaban J connectivity index is 2.94. The SMILES string of the molecule is CCNCc1sc(C(F)(F)F)nc1CC(C)C. The van der Waals surface area contributed by atoms with Gasteiger partial charge >= 0.3 is 6.18 Å². The molecule has 17 heavy (non-hydrogen) atoms. The van der Waals surface area contributed by atoms with Crippen molar-refractivity contribution in [2.45, 2.75) is 39.9 Å². The summed E-state index contributed by atoms with van der Waals surface area (Å²) in [6.45, 7) is 7.08. The van der Waals surface area contributed by atoms with Crippen LogP contribution in [0.3, 0.4) is 0 Å². The highest BCUT2D eigenvalue weighted by molar-refractivity contribution is 7.11. The van der Waals surface area contributed by atoms with Gasteiger partial charge in [-0.1, -0.05) is 20.8 Å². The maximum atomic E-state index is 12.6. The molecule has 1 aromatic rings. The van der Waals surface area contributed by atoms with Crippen molar-refractivity contribution in [2.24, 2.45) is 5.92 Å². The van der Waals surface area contributed by atoms with Crippen LogP contribution in [0.4, 0.5) is 13.2 Å². The highest BCUT2D eigenvalue weighted by atomic mass is 32.1. The van der Waals surface area contributed by atoms with Gasteiger partial charge in [0.05, 0.1) is 5.69 Å². The van der Waals surface area contributed by atoms with Gasteiger partial charge < -0.3 is 5.32 Å². The van der Waals surface area contributed by atoms with Gasteiger partial charge in [0.15, 0.2) is 5.01 Å². The molecule has 0 aliphatic rings. The number of alkyl halides is 3. The highest BCUT2D eigenvalue weighted by Gasteiger charge is 2.35. The predicted octanol–water partition coefficient (Wildman–Crippen LogP) is 3.47. The van der Waals surface area contributed by atoms with Gasteiger partial charge in [0, 0.05) is 11.4 Å². The molecular formula is C11H17F3N2S. The smallest absolute Gasteiger partial charge is 0.312 e. The van der Waals surface area contributed by atoms with E-state index in [2.05, 4.69) is 10.3 Å². The molecule has 1 rings (SSSR count). The molecule has 0 aliphatic carbocycles. The van der Waals surface area contributed by atoms with Gasteiger partial charge in [0.2, 0.25) is 0 Å². The van der Waals surface area contributed by atoms with Crippen molar-refractivity contribution in [1.82, 2.24) is 10.3 Å². The van der Waals surface area contributed by atoms with Crippen molar-refractivity contribution in [3.05, 3.63) is 15.6 Å². The molecule has 1 aromatic heterocycles. The fraction of sp³-hybridized carbons (Fsp3) is 0.727. The van der Waals surface area contributed by atoms with E-state index in [1.165, 1.54) is 0 Å². The first-order valence-electron chi connectivity index (χ1n) is 5.61. The van der Waals surface area contributed by atoms with Crippen LogP contribution in [0.2, 0.25) is 0 Å².